The topological polar surface area (TPSA) is 61.7 Å². The van der Waals surface area contributed by atoms with Gasteiger partial charge in [0.25, 0.3) is 5.91 Å². The van der Waals surface area contributed by atoms with Crippen molar-refractivity contribution in [3.8, 4) is 5.75 Å². The molecule has 0 unspecified atom stereocenters. The number of nitrogens with zero attached hydrogens (tertiary/aromatic N) is 1. The van der Waals surface area contributed by atoms with Gasteiger partial charge < -0.3 is 10.4 Å². The van der Waals surface area contributed by atoms with E-state index in [4.69, 9.17) is 4.99 Å². The molecule has 0 saturated carbocycles. The Morgan fingerprint density at radius 2 is 1.94 bits per heavy atom. The van der Waals surface area contributed by atoms with E-state index in [-0.39, 0.29) is 17.1 Å². The second-order valence-electron chi connectivity index (χ2n) is 9.39. The number of phenolic OH excluding ortho intramolecular Hbond substituents is 1. The maximum atomic E-state index is 13.4. The molecule has 4 nitrogen and oxygen atoms in total. The zero-order valence-corrected chi connectivity index (χ0v) is 23.9. The van der Waals surface area contributed by atoms with Gasteiger partial charge in [-0.15, -0.1) is 11.3 Å². The number of hydrogen-bond donors (Lipinski definition) is 2. The van der Waals surface area contributed by atoms with Gasteiger partial charge in [-0.3, -0.25) is 4.79 Å². The Balaban J connectivity index is 1.74. The van der Waals surface area contributed by atoms with Crippen LogP contribution < -0.4 is 5.32 Å². The molecule has 2 aromatic carbocycles. The number of nitrogens with one attached hydrogen (secondary N) is 1. The first-order valence-electron chi connectivity index (χ1n) is 10.9. The molecule has 4 rings (SSSR count). The van der Waals surface area contributed by atoms with Crippen molar-refractivity contribution in [2.45, 2.75) is 40.0 Å². The first kappa shape index (κ1) is 24.7. The largest absolute Gasteiger partial charge is 0.506 e. The summed E-state index contributed by atoms with van der Waals surface area (Å²) in [5.74, 6) is 0.664. The lowest BCUT2D eigenvalue weighted by Crippen LogP contribution is -2.27. The van der Waals surface area contributed by atoms with Crippen LogP contribution in [0.4, 0.5) is 10.7 Å². The molecule has 33 heavy (non-hydrogen) atoms. The Kier molecular flexibility index (Phi) is 7.50. The van der Waals surface area contributed by atoms with Crippen LogP contribution in [0.3, 0.4) is 0 Å². The molecule has 172 valence electrons. The number of amides is 1. The zero-order chi connectivity index (χ0) is 23.8. The third kappa shape index (κ3) is 5.62. The van der Waals surface area contributed by atoms with Crippen molar-refractivity contribution in [2.24, 2.45) is 16.3 Å². The molecule has 1 amide bonds. The van der Waals surface area contributed by atoms with Gasteiger partial charge in [0.1, 0.15) is 10.8 Å². The van der Waals surface area contributed by atoms with E-state index in [1.807, 2.05) is 42.5 Å². The van der Waals surface area contributed by atoms with E-state index in [1.165, 1.54) is 4.88 Å². The number of halogens is 2. The maximum Gasteiger partial charge on any atom is 0.259 e. The molecule has 0 fully saturated rings. The van der Waals surface area contributed by atoms with E-state index < -0.39 is 0 Å². The highest BCUT2D eigenvalue weighted by molar-refractivity contribution is 14.1. The fourth-order valence-electron chi connectivity index (χ4n) is 4.16. The summed E-state index contributed by atoms with van der Waals surface area (Å²) >= 11 is 5.96. The van der Waals surface area contributed by atoms with Crippen molar-refractivity contribution in [3.05, 3.63) is 71.2 Å². The number of anilines is 1. The van der Waals surface area contributed by atoms with Crippen molar-refractivity contribution >= 4 is 79.3 Å². The maximum absolute atomic E-state index is 13.4. The molecule has 0 bridgehead atoms. The Hall–Kier alpha value is -1.46. The van der Waals surface area contributed by atoms with Gasteiger partial charge in [0, 0.05) is 25.9 Å². The van der Waals surface area contributed by atoms with E-state index in [1.54, 1.807) is 17.6 Å². The number of fused-ring (bicyclic) bond motifs is 1. The van der Waals surface area contributed by atoms with Gasteiger partial charge in [-0.05, 0) is 106 Å². The molecule has 1 aromatic heterocycles. The molecule has 1 aliphatic carbocycles. The van der Waals surface area contributed by atoms with Crippen molar-refractivity contribution in [1.82, 2.24) is 0 Å². The minimum atomic E-state index is -0.124. The van der Waals surface area contributed by atoms with Crippen molar-refractivity contribution < 1.29 is 9.90 Å². The highest BCUT2D eigenvalue weighted by Crippen LogP contribution is 2.45. The normalized spacial score (nSPS) is 16.1. The molecule has 1 atom stereocenters. The molecule has 0 spiro atoms. The predicted octanol–water partition coefficient (Wildman–Crippen LogP) is 7.82. The number of phenols is 1. The van der Waals surface area contributed by atoms with Crippen LogP contribution in [-0.4, -0.2) is 17.2 Å². The van der Waals surface area contributed by atoms with E-state index >= 15 is 0 Å². The number of carbonyl (C=O) groups is 1. The van der Waals surface area contributed by atoms with E-state index in [0.717, 1.165) is 37.7 Å². The Morgan fingerprint density at radius 3 is 2.64 bits per heavy atom. The fourth-order valence-corrected chi connectivity index (χ4v) is 7.32. The summed E-state index contributed by atoms with van der Waals surface area (Å²) in [4.78, 5) is 19.4. The minimum absolute atomic E-state index is 0.124. The molecule has 0 radical (unpaired) electrons. The van der Waals surface area contributed by atoms with Crippen molar-refractivity contribution in [1.29, 1.82) is 0 Å². The summed E-state index contributed by atoms with van der Waals surface area (Å²) < 4.78 is 1.80. The number of carbonyl (C=O) groups excluding carboxylic acids is 1. The van der Waals surface area contributed by atoms with E-state index in [2.05, 4.69) is 71.3 Å². The van der Waals surface area contributed by atoms with Crippen LogP contribution in [0.2, 0.25) is 0 Å². The fraction of sp³-hybridized carbons (Fsp3) is 0.308. The number of aromatic hydroxyl groups is 1. The average molecular weight is 684 g/mol. The van der Waals surface area contributed by atoms with Gasteiger partial charge in [0.05, 0.1) is 9.13 Å². The van der Waals surface area contributed by atoms with Crippen LogP contribution in [0.15, 0.2) is 47.5 Å². The summed E-state index contributed by atoms with van der Waals surface area (Å²) in [7, 11) is 0. The van der Waals surface area contributed by atoms with Gasteiger partial charge in [-0.1, -0.05) is 39.0 Å². The molecule has 3 aromatic rings. The summed E-state index contributed by atoms with van der Waals surface area (Å²) in [6.45, 7) is 6.87. The lowest BCUT2D eigenvalue weighted by Gasteiger charge is -2.33. The van der Waals surface area contributed by atoms with Crippen molar-refractivity contribution in [2.75, 3.05) is 5.32 Å². The van der Waals surface area contributed by atoms with Crippen LogP contribution in [0.1, 0.15) is 53.6 Å². The first-order valence-corrected chi connectivity index (χ1v) is 13.8. The lowest BCUT2D eigenvalue weighted by atomic mass is 9.72. The smallest absolute Gasteiger partial charge is 0.259 e. The first-order chi connectivity index (χ1) is 15.6. The Labute approximate surface area is 226 Å². The van der Waals surface area contributed by atoms with Gasteiger partial charge >= 0.3 is 0 Å². The number of para-hydroxylation sites is 1. The minimum Gasteiger partial charge on any atom is -0.506 e. The van der Waals surface area contributed by atoms with E-state index in [0.29, 0.717) is 22.0 Å². The SMILES string of the molecule is CC(C)(C)[C@@H]1CCc2c(sc(N=Cc3cc(I)cc(I)c3O)c2C(=O)Nc2ccccc2)C1. The number of hydrogen-bond acceptors (Lipinski definition) is 4. The Bertz CT molecular complexity index is 1210. The highest BCUT2D eigenvalue weighted by atomic mass is 127. The second kappa shape index (κ2) is 10.0. The molecule has 7 heteroatoms. The van der Waals surface area contributed by atoms with Crippen molar-refractivity contribution in [3.63, 3.8) is 0 Å². The van der Waals surface area contributed by atoms with Gasteiger partial charge in [-0.2, -0.15) is 0 Å². The molecular weight excluding hydrogens is 658 g/mol. The van der Waals surface area contributed by atoms with Crippen LogP contribution in [-0.2, 0) is 12.8 Å². The van der Waals surface area contributed by atoms with Crippen LogP contribution in [0.5, 0.6) is 5.75 Å². The molecule has 0 saturated heterocycles. The van der Waals surface area contributed by atoms with Gasteiger partial charge in [0.2, 0.25) is 0 Å². The second-order valence-corrected chi connectivity index (χ2v) is 12.9. The number of rotatable bonds is 4. The Morgan fingerprint density at radius 1 is 1.21 bits per heavy atom. The number of thiophene rings is 1. The summed E-state index contributed by atoms with van der Waals surface area (Å²) in [6, 6.07) is 13.3. The van der Waals surface area contributed by atoms with Crippen LogP contribution >= 0.6 is 56.5 Å². The standard InChI is InChI=1S/C26H26I2N2O2S/c1-26(2,3)16-9-10-19-21(12-16)33-25(22(19)24(32)30-18-7-5-4-6-8-18)29-14-15-11-17(27)13-20(28)23(15)31/h4-8,11,13-14,16,31H,9-10,12H2,1-3H3,(H,30,32)/t16-/m1/s1. The monoisotopic (exact) mass is 684 g/mol. The van der Waals surface area contributed by atoms with Crippen LogP contribution in [0, 0.1) is 18.5 Å². The third-order valence-corrected chi connectivity index (χ3v) is 8.72. The molecule has 1 heterocycles. The van der Waals surface area contributed by atoms with E-state index in [9.17, 15) is 9.90 Å². The van der Waals surface area contributed by atoms with Crippen LogP contribution in [0.25, 0.3) is 0 Å². The summed E-state index contributed by atoms with van der Waals surface area (Å²) in [5.41, 5.74) is 3.44. The number of benzene rings is 2. The van der Waals surface area contributed by atoms with Gasteiger partial charge in [-0.25, -0.2) is 4.99 Å². The zero-order valence-electron chi connectivity index (χ0n) is 18.8. The quantitative estimate of drug-likeness (QED) is 0.218. The molecule has 0 aliphatic heterocycles. The lowest BCUT2D eigenvalue weighted by molar-refractivity contribution is 0.102. The summed E-state index contributed by atoms with van der Waals surface area (Å²) in [5, 5.41) is 14.2. The third-order valence-electron chi connectivity index (χ3n) is 6.11. The highest BCUT2D eigenvalue weighted by Gasteiger charge is 2.33. The average Bonchev–Trinajstić information content (AvgIpc) is 3.13. The van der Waals surface area contributed by atoms with Gasteiger partial charge in [0.15, 0.2) is 0 Å². The number of aliphatic imine (C=N–C) groups is 1. The molecule has 2 N–H and O–H groups in total. The molecule has 1 aliphatic rings. The molecular formula is C26H26I2N2O2S. The summed E-state index contributed by atoms with van der Waals surface area (Å²) in [6.07, 6.45) is 4.60. The predicted molar refractivity (Wildman–Crippen MR) is 154 cm³/mol.